The molecule has 2 saturated heterocycles. The van der Waals surface area contributed by atoms with E-state index in [4.69, 9.17) is 5.26 Å². The maximum absolute atomic E-state index is 14.8. The molecule has 5 rings (SSSR count). The van der Waals surface area contributed by atoms with Gasteiger partial charge in [-0.05, 0) is 37.0 Å². The lowest BCUT2D eigenvalue weighted by Gasteiger charge is -2.38. The van der Waals surface area contributed by atoms with Gasteiger partial charge in [-0.2, -0.15) is 5.26 Å². The summed E-state index contributed by atoms with van der Waals surface area (Å²) in [5.41, 5.74) is 1.19. The Morgan fingerprint density at radius 3 is 2.84 bits per heavy atom. The normalized spacial score (nSPS) is 24.7. The van der Waals surface area contributed by atoms with Crippen LogP contribution in [0.5, 0.6) is 5.75 Å². The molecule has 0 radical (unpaired) electrons. The van der Waals surface area contributed by atoms with E-state index in [1.807, 2.05) is 24.1 Å². The number of nitrogens with one attached hydrogen (secondary N) is 1. The molecule has 31 heavy (non-hydrogen) atoms. The number of fused-ring (bicyclic) bond motifs is 2. The van der Waals surface area contributed by atoms with Crippen LogP contribution in [-0.2, 0) is 0 Å². The Bertz CT molecular complexity index is 1150. The molecule has 0 saturated carbocycles. The van der Waals surface area contributed by atoms with E-state index >= 15 is 0 Å². The zero-order valence-electron chi connectivity index (χ0n) is 16.7. The summed E-state index contributed by atoms with van der Waals surface area (Å²) in [6.07, 6.45) is 4.81. The van der Waals surface area contributed by atoms with E-state index in [-0.39, 0.29) is 23.7 Å². The lowest BCUT2D eigenvalue weighted by molar-refractivity contribution is 0.176. The first-order chi connectivity index (χ1) is 15.0. The molecule has 10 heteroatoms. The fraction of sp³-hybridized carbons (Fsp3) is 0.381. The highest BCUT2D eigenvalue weighted by atomic mass is 32.1. The summed E-state index contributed by atoms with van der Waals surface area (Å²) < 4.78 is 14.8. The molecular weight excluding hydrogens is 417 g/mol. The lowest BCUT2D eigenvalue weighted by Crippen LogP contribution is -2.55. The van der Waals surface area contributed by atoms with Crippen molar-refractivity contribution >= 4 is 17.2 Å². The van der Waals surface area contributed by atoms with Gasteiger partial charge in [0.25, 0.3) is 0 Å². The van der Waals surface area contributed by atoms with Crippen molar-refractivity contribution in [1.29, 1.82) is 5.26 Å². The predicted molar refractivity (Wildman–Crippen MR) is 114 cm³/mol. The second kappa shape index (κ2) is 7.83. The minimum atomic E-state index is -0.963. The zero-order valence-corrected chi connectivity index (χ0v) is 17.6. The van der Waals surface area contributed by atoms with Crippen LogP contribution < -0.4 is 10.2 Å². The standard InChI is InChI=1S/C21H20FN7OS/c1-29(15-7-12-3-5-14(26-12)20(15)22)18-10-25-21(28-27-18)13-4-2-11(6-16(13)30)17-9-24-19(8-23)31-17/h2,4,6,9-10,12,14-15,20,26,30H,3,5,7H2,1H3/t12-,14+,15+,20-/m1/s1. The molecule has 2 N–H and O–H groups in total. The Morgan fingerprint density at radius 1 is 1.26 bits per heavy atom. The summed E-state index contributed by atoms with van der Waals surface area (Å²) in [4.78, 5) is 11.0. The second-order valence-electron chi connectivity index (χ2n) is 7.92. The number of benzene rings is 1. The van der Waals surface area contributed by atoms with Gasteiger partial charge >= 0.3 is 0 Å². The molecule has 2 aliphatic heterocycles. The van der Waals surface area contributed by atoms with Gasteiger partial charge in [0.2, 0.25) is 0 Å². The number of phenols is 1. The average Bonchev–Trinajstić information content (AvgIpc) is 3.43. The molecule has 2 aromatic heterocycles. The third-order valence-electron chi connectivity index (χ3n) is 6.09. The summed E-state index contributed by atoms with van der Waals surface area (Å²) in [7, 11) is 1.82. The number of rotatable bonds is 4. The van der Waals surface area contributed by atoms with E-state index < -0.39 is 6.17 Å². The quantitative estimate of drug-likeness (QED) is 0.641. The first kappa shape index (κ1) is 19.8. The van der Waals surface area contributed by atoms with E-state index in [1.54, 1.807) is 24.5 Å². The van der Waals surface area contributed by atoms with Gasteiger partial charge in [0.1, 0.15) is 18.0 Å². The number of phenolic OH excluding ortho intramolecular Hbond substituents is 1. The van der Waals surface area contributed by atoms with Gasteiger partial charge in [-0.3, -0.25) is 0 Å². The van der Waals surface area contributed by atoms with Crippen LogP contribution in [-0.4, -0.2) is 56.6 Å². The fourth-order valence-corrected chi connectivity index (χ4v) is 5.12. The van der Waals surface area contributed by atoms with Crippen LogP contribution in [0.3, 0.4) is 0 Å². The van der Waals surface area contributed by atoms with Crippen LogP contribution in [0, 0.1) is 11.3 Å². The van der Waals surface area contributed by atoms with Gasteiger partial charge in [0, 0.05) is 25.3 Å². The Kier molecular flexibility index (Phi) is 5.00. The van der Waals surface area contributed by atoms with E-state index in [9.17, 15) is 9.50 Å². The SMILES string of the molecule is CN(c1cnc(-c2ccc(-c3cnc(C#N)s3)cc2O)nn1)[C@H]1C[C@H]2CC[C@H](N2)[C@H]1F. The summed E-state index contributed by atoms with van der Waals surface area (Å²) in [6.45, 7) is 0. The first-order valence-electron chi connectivity index (χ1n) is 10.1. The second-order valence-corrected chi connectivity index (χ2v) is 8.95. The minimum absolute atomic E-state index is 0.00562. The summed E-state index contributed by atoms with van der Waals surface area (Å²) >= 11 is 1.25. The molecule has 0 spiro atoms. The van der Waals surface area contributed by atoms with Crippen molar-refractivity contribution in [2.24, 2.45) is 0 Å². The highest BCUT2D eigenvalue weighted by Crippen LogP contribution is 2.35. The Balaban J connectivity index is 1.35. The number of aromatic nitrogens is 4. The minimum Gasteiger partial charge on any atom is -0.507 e. The number of nitriles is 1. The lowest BCUT2D eigenvalue weighted by atomic mass is 9.96. The van der Waals surface area contributed by atoms with Crippen molar-refractivity contribution in [3.05, 3.63) is 35.6 Å². The number of anilines is 1. The topological polar surface area (TPSA) is 111 Å². The third-order valence-corrected chi connectivity index (χ3v) is 7.04. The maximum Gasteiger partial charge on any atom is 0.194 e. The van der Waals surface area contributed by atoms with Crippen molar-refractivity contribution < 1.29 is 9.50 Å². The monoisotopic (exact) mass is 437 g/mol. The van der Waals surface area contributed by atoms with Crippen LogP contribution in [0.2, 0.25) is 0 Å². The molecular formula is C21H20FN7OS. The number of thiazole rings is 1. The van der Waals surface area contributed by atoms with Crippen molar-refractivity contribution in [1.82, 2.24) is 25.5 Å². The fourth-order valence-electron chi connectivity index (χ4n) is 4.41. The van der Waals surface area contributed by atoms with E-state index in [1.165, 1.54) is 11.3 Å². The number of hydrogen-bond acceptors (Lipinski definition) is 9. The number of piperidine rings is 1. The molecule has 0 aliphatic carbocycles. The molecule has 2 bridgehead atoms. The molecule has 2 aliphatic rings. The Morgan fingerprint density at radius 2 is 2.13 bits per heavy atom. The molecule has 0 amide bonds. The largest absolute Gasteiger partial charge is 0.507 e. The summed E-state index contributed by atoms with van der Waals surface area (Å²) in [5, 5.41) is 31.5. The molecule has 1 aromatic carbocycles. The third kappa shape index (κ3) is 3.60. The van der Waals surface area contributed by atoms with E-state index in [0.717, 1.165) is 29.7 Å². The zero-order chi connectivity index (χ0) is 21.5. The number of nitrogens with zero attached hydrogens (tertiary/aromatic N) is 6. The molecule has 4 atom stereocenters. The van der Waals surface area contributed by atoms with Gasteiger partial charge in [-0.25, -0.2) is 14.4 Å². The van der Waals surface area contributed by atoms with Crippen LogP contribution in [0.1, 0.15) is 24.3 Å². The van der Waals surface area contributed by atoms with Gasteiger partial charge in [-0.15, -0.1) is 21.5 Å². The number of halogens is 1. The maximum atomic E-state index is 14.8. The Hall–Kier alpha value is -3.16. The van der Waals surface area contributed by atoms with Crippen molar-refractivity contribution in [3.63, 3.8) is 0 Å². The van der Waals surface area contributed by atoms with Gasteiger partial charge < -0.3 is 15.3 Å². The Labute approximate surface area is 182 Å². The van der Waals surface area contributed by atoms with Crippen LogP contribution >= 0.6 is 11.3 Å². The van der Waals surface area contributed by atoms with Gasteiger partial charge in [0.15, 0.2) is 16.6 Å². The molecule has 0 unspecified atom stereocenters. The number of alkyl halides is 1. The molecule has 4 heterocycles. The summed E-state index contributed by atoms with van der Waals surface area (Å²) in [5.74, 6) is 0.791. The van der Waals surface area contributed by atoms with E-state index in [2.05, 4.69) is 25.5 Å². The first-order valence-corrected chi connectivity index (χ1v) is 10.9. The van der Waals surface area contributed by atoms with Crippen LogP contribution in [0.25, 0.3) is 21.8 Å². The number of hydrogen-bond donors (Lipinski definition) is 2. The highest BCUT2D eigenvalue weighted by Gasteiger charge is 2.43. The smallest absolute Gasteiger partial charge is 0.194 e. The van der Waals surface area contributed by atoms with Crippen molar-refractivity contribution in [3.8, 4) is 33.6 Å². The van der Waals surface area contributed by atoms with Crippen LogP contribution in [0.15, 0.2) is 30.6 Å². The average molecular weight is 438 g/mol. The molecule has 158 valence electrons. The molecule has 8 nitrogen and oxygen atoms in total. The molecule has 3 aromatic rings. The van der Waals surface area contributed by atoms with Gasteiger partial charge in [-0.1, -0.05) is 6.07 Å². The highest BCUT2D eigenvalue weighted by molar-refractivity contribution is 7.15. The number of aromatic hydroxyl groups is 1. The predicted octanol–water partition coefficient (Wildman–Crippen LogP) is 2.91. The van der Waals surface area contributed by atoms with Crippen molar-refractivity contribution in [2.45, 2.75) is 43.6 Å². The van der Waals surface area contributed by atoms with Crippen LogP contribution in [0.4, 0.5) is 10.2 Å². The van der Waals surface area contributed by atoms with Crippen molar-refractivity contribution in [2.75, 3.05) is 11.9 Å². The van der Waals surface area contributed by atoms with Gasteiger partial charge in [0.05, 0.1) is 22.7 Å². The summed E-state index contributed by atoms with van der Waals surface area (Å²) in [6, 6.07) is 7.11. The molecule has 2 fully saturated rings. The van der Waals surface area contributed by atoms with E-state index in [0.29, 0.717) is 22.4 Å².